The Labute approximate surface area is 154 Å². The van der Waals surface area contributed by atoms with Crippen LogP contribution in [0.1, 0.15) is 37.3 Å². The van der Waals surface area contributed by atoms with E-state index >= 15 is 0 Å². The molecule has 1 aliphatic carbocycles. The smallest absolute Gasteiger partial charge is 0.314 e. The summed E-state index contributed by atoms with van der Waals surface area (Å²) in [4.78, 5) is 11.6. The molecule has 0 heterocycles. The summed E-state index contributed by atoms with van der Waals surface area (Å²) in [7, 11) is -3.64. The van der Waals surface area contributed by atoms with Gasteiger partial charge in [-0.3, -0.25) is 4.79 Å². The molecule has 138 valence electrons. The van der Waals surface area contributed by atoms with Crippen molar-refractivity contribution in [3.8, 4) is 0 Å². The first kappa shape index (κ1) is 18.6. The van der Waals surface area contributed by atoms with Crippen LogP contribution in [0.15, 0.2) is 59.5 Å². The fourth-order valence-corrected chi connectivity index (χ4v) is 4.69. The van der Waals surface area contributed by atoms with E-state index < -0.39 is 21.4 Å². The molecule has 6 heteroatoms. The highest BCUT2D eigenvalue weighted by Crippen LogP contribution is 2.48. The van der Waals surface area contributed by atoms with Gasteiger partial charge in [0.05, 0.1) is 10.3 Å². The molecule has 0 aliphatic heterocycles. The number of carboxylic acids is 1. The minimum Gasteiger partial charge on any atom is -0.481 e. The summed E-state index contributed by atoms with van der Waals surface area (Å²) in [5, 5.41) is 9.38. The molecule has 1 aliphatic rings. The van der Waals surface area contributed by atoms with Crippen molar-refractivity contribution in [2.75, 3.05) is 6.54 Å². The van der Waals surface area contributed by atoms with Gasteiger partial charge in [0.15, 0.2) is 0 Å². The second-order valence-corrected chi connectivity index (χ2v) is 8.67. The van der Waals surface area contributed by atoms with E-state index in [1.54, 1.807) is 12.1 Å². The molecule has 1 fully saturated rings. The lowest BCUT2D eigenvalue weighted by Crippen LogP contribution is -2.31. The van der Waals surface area contributed by atoms with Gasteiger partial charge >= 0.3 is 5.97 Å². The zero-order valence-electron chi connectivity index (χ0n) is 14.8. The van der Waals surface area contributed by atoms with E-state index in [9.17, 15) is 18.3 Å². The van der Waals surface area contributed by atoms with Gasteiger partial charge in [0.1, 0.15) is 0 Å². The minimum absolute atomic E-state index is 0.201. The van der Waals surface area contributed by atoms with E-state index in [4.69, 9.17) is 0 Å². The molecule has 26 heavy (non-hydrogen) atoms. The number of carboxylic acid groups (broad SMARTS) is 1. The van der Waals surface area contributed by atoms with Crippen LogP contribution >= 0.6 is 0 Å². The normalized spacial score (nSPS) is 15.8. The first-order chi connectivity index (χ1) is 12.4. The summed E-state index contributed by atoms with van der Waals surface area (Å²) in [5.74, 6) is -0.843. The van der Waals surface area contributed by atoms with Crippen LogP contribution in [0.25, 0.3) is 0 Å². The van der Waals surface area contributed by atoms with E-state index in [0.717, 1.165) is 5.56 Å². The standard InChI is InChI=1S/C20H23NO4S/c1-2-14-21(15-16-6-4-3-5-7-16)26(24,25)18-10-8-17(9-11-18)20(12-13-20)19(22)23/h3-11H,2,12-15H2,1H3,(H,22,23). The highest BCUT2D eigenvalue weighted by molar-refractivity contribution is 7.89. The lowest BCUT2D eigenvalue weighted by Gasteiger charge is -2.22. The number of benzene rings is 2. The molecule has 0 saturated heterocycles. The van der Waals surface area contributed by atoms with Gasteiger partial charge in [0, 0.05) is 13.1 Å². The first-order valence-corrected chi connectivity index (χ1v) is 10.2. The van der Waals surface area contributed by atoms with Crippen LogP contribution in [0.3, 0.4) is 0 Å². The zero-order valence-corrected chi connectivity index (χ0v) is 15.6. The van der Waals surface area contributed by atoms with Gasteiger partial charge in [-0.05, 0) is 42.5 Å². The van der Waals surface area contributed by atoms with Crippen molar-refractivity contribution in [3.05, 3.63) is 65.7 Å². The maximum atomic E-state index is 13.0. The van der Waals surface area contributed by atoms with Crippen molar-refractivity contribution >= 4 is 16.0 Å². The predicted molar refractivity (Wildman–Crippen MR) is 99.3 cm³/mol. The Morgan fingerprint density at radius 3 is 2.19 bits per heavy atom. The minimum atomic E-state index is -3.64. The number of carbonyl (C=O) groups is 1. The third-order valence-electron chi connectivity index (χ3n) is 4.88. The van der Waals surface area contributed by atoms with Gasteiger partial charge in [-0.1, -0.05) is 49.4 Å². The number of sulfonamides is 1. The topological polar surface area (TPSA) is 74.7 Å². The van der Waals surface area contributed by atoms with Crippen molar-refractivity contribution in [1.29, 1.82) is 0 Å². The van der Waals surface area contributed by atoms with Crippen molar-refractivity contribution in [2.45, 2.75) is 43.0 Å². The van der Waals surface area contributed by atoms with Crippen LogP contribution in [0, 0.1) is 0 Å². The molecule has 1 saturated carbocycles. The van der Waals surface area contributed by atoms with Crippen molar-refractivity contribution in [2.24, 2.45) is 0 Å². The Morgan fingerprint density at radius 2 is 1.69 bits per heavy atom. The maximum absolute atomic E-state index is 13.0. The third kappa shape index (κ3) is 3.52. The van der Waals surface area contributed by atoms with Crippen LogP contribution < -0.4 is 0 Å². The Bertz CT molecular complexity index is 872. The largest absolute Gasteiger partial charge is 0.481 e. The van der Waals surface area contributed by atoms with Gasteiger partial charge < -0.3 is 5.11 Å². The van der Waals surface area contributed by atoms with E-state index in [1.165, 1.54) is 16.4 Å². The van der Waals surface area contributed by atoms with E-state index in [2.05, 4.69) is 0 Å². The fraction of sp³-hybridized carbons (Fsp3) is 0.350. The molecule has 0 unspecified atom stereocenters. The van der Waals surface area contributed by atoms with Crippen molar-refractivity contribution < 1.29 is 18.3 Å². The van der Waals surface area contributed by atoms with Crippen molar-refractivity contribution in [3.63, 3.8) is 0 Å². The average Bonchev–Trinajstić information content (AvgIpc) is 3.44. The fourth-order valence-electron chi connectivity index (χ4n) is 3.17. The van der Waals surface area contributed by atoms with Gasteiger partial charge in [-0.2, -0.15) is 4.31 Å². The van der Waals surface area contributed by atoms with E-state index in [1.807, 2.05) is 37.3 Å². The second kappa shape index (κ2) is 7.21. The number of rotatable bonds is 8. The molecule has 0 aromatic heterocycles. The molecule has 0 amide bonds. The van der Waals surface area contributed by atoms with Crippen LogP contribution in [0.4, 0.5) is 0 Å². The monoisotopic (exact) mass is 373 g/mol. The lowest BCUT2D eigenvalue weighted by atomic mass is 9.96. The highest BCUT2D eigenvalue weighted by Gasteiger charge is 2.51. The summed E-state index contributed by atoms with van der Waals surface area (Å²) >= 11 is 0. The zero-order chi connectivity index (χ0) is 18.8. The predicted octanol–water partition coefficient (Wildman–Crippen LogP) is 3.40. The highest BCUT2D eigenvalue weighted by atomic mass is 32.2. The molecular weight excluding hydrogens is 350 g/mol. The quantitative estimate of drug-likeness (QED) is 0.769. The Kier molecular flexibility index (Phi) is 5.16. The number of hydrogen-bond donors (Lipinski definition) is 1. The Balaban J connectivity index is 1.86. The first-order valence-electron chi connectivity index (χ1n) is 8.78. The van der Waals surface area contributed by atoms with Gasteiger partial charge in [-0.25, -0.2) is 8.42 Å². The van der Waals surface area contributed by atoms with Crippen molar-refractivity contribution in [1.82, 2.24) is 4.31 Å². The third-order valence-corrected chi connectivity index (χ3v) is 6.74. The van der Waals surface area contributed by atoms with Gasteiger partial charge in [0.25, 0.3) is 0 Å². The average molecular weight is 373 g/mol. The summed E-state index contributed by atoms with van der Waals surface area (Å²) in [6, 6.07) is 15.8. The summed E-state index contributed by atoms with van der Waals surface area (Å²) in [6.07, 6.45) is 1.92. The molecule has 1 N–H and O–H groups in total. The Hall–Kier alpha value is -2.18. The SMILES string of the molecule is CCCN(Cc1ccccc1)S(=O)(=O)c1ccc(C2(C(=O)O)CC2)cc1. The molecule has 0 atom stereocenters. The maximum Gasteiger partial charge on any atom is 0.314 e. The lowest BCUT2D eigenvalue weighted by molar-refractivity contribution is -0.140. The molecule has 2 aromatic rings. The molecule has 2 aromatic carbocycles. The molecule has 3 rings (SSSR count). The number of aliphatic carboxylic acids is 1. The van der Waals surface area contributed by atoms with Crippen LogP contribution in [0.2, 0.25) is 0 Å². The summed E-state index contributed by atoms with van der Waals surface area (Å²) in [5.41, 5.74) is 0.785. The van der Waals surface area contributed by atoms with Gasteiger partial charge in [0.2, 0.25) is 10.0 Å². The molecule has 5 nitrogen and oxygen atoms in total. The number of nitrogens with zero attached hydrogens (tertiary/aromatic N) is 1. The molecule has 0 bridgehead atoms. The van der Waals surface area contributed by atoms with Crippen LogP contribution in [-0.2, 0) is 26.8 Å². The molecule has 0 spiro atoms. The number of hydrogen-bond acceptors (Lipinski definition) is 3. The van der Waals surface area contributed by atoms with E-state index in [0.29, 0.717) is 37.9 Å². The second-order valence-electron chi connectivity index (χ2n) is 6.74. The molecule has 0 radical (unpaired) electrons. The molecular formula is C20H23NO4S. The van der Waals surface area contributed by atoms with E-state index in [-0.39, 0.29) is 4.90 Å². The summed E-state index contributed by atoms with van der Waals surface area (Å²) < 4.78 is 27.6. The van der Waals surface area contributed by atoms with Crippen LogP contribution in [0.5, 0.6) is 0 Å². The Morgan fingerprint density at radius 1 is 1.08 bits per heavy atom. The summed E-state index contributed by atoms with van der Waals surface area (Å²) in [6.45, 7) is 2.69. The van der Waals surface area contributed by atoms with Crippen LogP contribution in [-0.4, -0.2) is 30.3 Å². The van der Waals surface area contributed by atoms with Gasteiger partial charge in [-0.15, -0.1) is 0 Å².